The van der Waals surface area contributed by atoms with Gasteiger partial charge in [0.25, 0.3) is 0 Å². The smallest absolute Gasteiger partial charge is 0.122 e. The lowest BCUT2D eigenvalue weighted by molar-refractivity contribution is 0.458. The maximum atomic E-state index is 5.49. The predicted molar refractivity (Wildman–Crippen MR) is 66.6 cm³/mol. The molecule has 0 aromatic carbocycles. The van der Waals surface area contributed by atoms with Crippen molar-refractivity contribution in [2.45, 2.75) is 26.9 Å². The molecule has 0 aliphatic heterocycles. The van der Waals surface area contributed by atoms with Gasteiger partial charge in [0.05, 0.1) is 19.4 Å². The van der Waals surface area contributed by atoms with Gasteiger partial charge in [0, 0.05) is 18.0 Å². The summed E-state index contributed by atoms with van der Waals surface area (Å²) in [5.41, 5.74) is 1.19. The maximum absolute atomic E-state index is 5.49. The quantitative estimate of drug-likeness (QED) is 0.832. The van der Waals surface area contributed by atoms with Gasteiger partial charge in [-0.25, -0.2) is 0 Å². The topological polar surface area (TPSA) is 43.0 Å². The van der Waals surface area contributed by atoms with Crippen molar-refractivity contribution in [2.75, 3.05) is 6.54 Å². The predicted octanol–water partition coefficient (Wildman–Crippen LogP) is 2.27. The van der Waals surface area contributed by atoms with Crippen LogP contribution in [-0.4, -0.2) is 16.3 Å². The number of aromatic nitrogens is 2. The standard InChI is InChI=1S/C13H19N3O/c1-11(2)8-14-9-13-12(4-7-17-13)10-16-6-3-5-15-16/h3-7,11,14H,8-10H2,1-2H3. The van der Waals surface area contributed by atoms with Crippen molar-refractivity contribution in [3.63, 3.8) is 0 Å². The highest BCUT2D eigenvalue weighted by atomic mass is 16.3. The van der Waals surface area contributed by atoms with E-state index >= 15 is 0 Å². The van der Waals surface area contributed by atoms with E-state index in [9.17, 15) is 0 Å². The first-order valence-electron chi connectivity index (χ1n) is 5.99. The summed E-state index contributed by atoms with van der Waals surface area (Å²) < 4.78 is 7.39. The van der Waals surface area contributed by atoms with Gasteiger partial charge < -0.3 is 9.73 Å². The number of nitrogens with zero attached hydrogens (tertiary/aromatic N) is 2. The van der Waals surface area contributed by atoms with Crippen LogP contribution in [0.15, 0.2) is 35.2 Å². The Labute approximate surface area is 102 Å². The summed E-state index contributed by atoms with van der Waals surface area (Å²) in [6.45, 7) is 6.94. The van der Waals surface area contributed by atoms with E-state index in [1.807, 2.05) is 23.0 Å². The van der Waals surface area contributed by atoms with Crippen molar-refractivity contribution in [1.29, 1.82) is 0 Å². The number of furan rings is 1. The molecule has 0 aliphatic carbocycles. The van der Waals surface area contributed by atoms with Crippen molar-refractivity contribution in [1.82, 2.24) is 15.1 Å². The molecule has 0 aliphatic rings. The minimum Gasteiger partial charge on any atom is -0.468 e. The van der Waals surface area contributed by atoms with Crippen molar-refractivity contribution in [3.8, 4) is 0 Å². The minimum absolute atomic E-state index is 0.652. The van der Waals surface area contributed by atoms with E-state index in [0.29, 0.717) is 5.92 Å². The molecule has 0 radical (unpaired) electrons. The van der Waals surface area contributed by atoms with Crippen molar-refractivity contribution < 1.29 is 4.42 Å². The van der Waals surface area contributed by atoms with E-state index < -0.39 is 0 Å². The molecule has 2 aromatic rings. The van der Waals surface area contributed by atoms with Gasteiger partial charge in [0.2, 0.25) is 0 Å². The lowest BCUT2D eigenvalue weighted by Gasteiger charge is -2.07. The lowest BCUT2D eigenvalue weighted by Crippen LogP contribution is -2.19. The van der Waals surface area contributed by atoms with Crippen LogP contribution in [0.4, 0.5) is 0 Å². The Bertz CT molecular complexity index is 431. The second-order valence-corrected chi connectivity index (χ2v) is 4.60. The zero-order valence-electron chi connectivity index (χ0n) is 10.4. The third-order valence-electron chi connectivity index (χ3n) is 2.57. The second-order valence-electron chi connectivity index (χ2n) is 4.60. The summed E-state index contributed by atoms with van der Waals surface area (Å²) in [7, 11) is 0. The number of nitrogens with one attached hydrogen (secondary N) is 1. The van der Waals surface area contributed by atoms with Crippen molar-refractivity contribution >= 4 is 0 Å². The maximum Gasteiger partial charge on any atom is 0.122 e. The molecule has 4 heteroatoms. The monoisotopic (exact) mass is 233 g/mol. The SMILES string of the molecule is CC(C)CNCc1occc1Cn1cccn1. The van der Waals surface area contributed by atoms with Crippen LogP contribution in [0.2, 0.25) is 0 Å². The molecule has 2 aromatic heterocycles. The molecule has 0 spiro atoms. The fraction of sp³-hybridized carbons (Fsp3) is 0.462. The molecular formula is C13H19N3O. The Morgan fingerprint density at radius 2 is 2.35 bits per heavy atom. The summed E-state index contributed by atoms with van der Waals surface area (Å²) in [4.78, 5) is 0. The van der Waals surface area contributed by atoms with E-state index in [2.05, 4.69) is 24.3 Å². The molecule has 0 fully saturated rings. The van der Waals surface area contributed by atoms with Gasteiger partial charge in [-0.05, 0) is 24.6 Å². The van der Waals surface area contributed by atoms with Crippen LogP contribution in [0.5, 0.6) is 0 Å². The molecule has 4 nitrogen and oxygen atoms in total. The summed E-state index contributed by atoms with van der Waals surface area (Å²) in [6, 6.07) is 3.94. The molecule has 0 amide bonds. The Morgan fingerprint density at radius 1 is 1.47 bits per heavy atom. The highest BCUT2D eigenvalue weighted by Gasteiger charge is 2.07. The molecular weight excluding hydrogens is 214 g/mol. The van der Waals surface area contributed by atoms with E-state index in [1.165, 1.54) is 5.56 Å². The van der Waals surface area contributed by atoms with Gasteiger partial charge >= 0.3 is 0 Å². The molecule has 0 atom stereocenters. The fourth-order valence-electron chi connectivity index (χ4n) is 1.71. The van der Waals surface area contributed by atoms with Crippen LogP contribution in [0.3, 0.4) is 0 Å². The zero-order valence-corrected chi connectivity index (χ0v) is 10.4. The van der Waals surface area contributed by atoms with Gasteiger partial charge in [-0.3, -0.25) is 4.68 Å². The summed E-state index contributed by atoms with van der Waals surface area (Å²) in [5, 5.41) is 7.58. The second kappa shape index (κ2) is 5.68. The van der Waals surface area contributed by atoms with Gasteiger partial charge in [0.15, 0.2) is 0 Å². The van der Waals surface area contributed by atoms with Crippen LogP contribution < -0.4 is 5.32 Å². The third-order valence-corrected chi connectivity index (χ3v) is 2.57. The van der Waals surface area contributed by atoms with Crippen molar-refractivity contribution in [3.05, 3.63) is 42.1 Å². The molecule has 0 saturated heterocycles. The zero-order chi connectivity index (χ0) is 12.1. The summed E-state index contributed by atoms with van der Waals surface area (Å²) >= 11 is 0. The highest BCUT2D eigenvalue weighted by Crippen LogP contribution is 2.11. The number of hydrogen-bond donors (Lipinski definition) is 1. The molecule has 0 saturated carbocycles. The van der Waals surface area contributed by atoms with E-state index in [0.717, 1.165) is 25.4 Å². The van der Waals surface area contributed by atoms with E-state index in [-0.39, 0.29) is 0 Å². The van der Waals surface area contributed by atoms with E-state index in [4.69, 9.17) is 4.42 Å². The molecule has 1 N–H and O–H groups in total. The molecule has 2 rings (SSSR count). The third kappa shape index (κ3) is 3.46. The molecule has 0 bridgehead atoms. The average molecular weight is 233 g/mol. The van der Waals surface area contributed by atoms with Gasteiger partial charge in [-0.1, -0.05) is 13.8 Å². The Hall–Kier alpha value is -1.55. The number of rotatable bonds is 6. The molecule has 2 heterocycles. The van der Waals surface area contributed by atoms with Crippen LogP contribution in [-0.2, 0) is 13.1 Å². The first-order chi connectivity index (χ1) is 8.25. The first-order valence-corrected chi connectivity index (χ1v) is 5.99. The van der Waals surface area contributed by atoms with E-state index in [1.54, 1.807) is 12.5 Å². The minimum atomic E-state index is 0.652. The Balaban J connectivity index is 1.92. The Morgan fingerprint density at radius 3 is 3.06 bits per heavy atom. The highest BCUT2D eigenvalue weighted by molar-refractivity contribution is 5.17. The normalized spacial score (nSPS) is 11.2. The van der Waals surface area contributed by atoms with Crippen LogP contribution in [0.1, 0.15) is 25.2 Å². The van der Waals surface area contributed by atoms with Gasteiger partial charge in [0.1, 0.15) is 5.76 Å². The average Bonchev–Trinajstić information content (AvgIpc) is 2.91. The summed E-state index contributed by atoms with van der Waals surface area (Å²) in [6.07, 6.45) is 5.49. The van der Waals surface area contributed by atoms with Crippen LogP contribution in [0, 0.1) is 5.92 Å². The number of hydrogen-bond acceptors (Lipinski definition) is 3. The summed E-state index contributed by atoms with van der Waals surface area (Å²) in [5.74, 6) is 1.65. The Kier molecular flexibility index (Phi) is 3.98. The van der Waals surface area contributed by atoms with Gasteiger partial charge in [-0.15, -0.1) is 0 Å². The molecule has 92 valence electrons. The van der Waals surface area contributed by atoms with Crippen molar-refractivity contribution in [2.24, 2.45) is 5.92 Å². The molecule has 0 unspecified atom stereocenters. The van der Waals surface area contributed by atoms with Gasteiger partial charge in [-0.2, -0.15) is 5.10 Å². The largest absolute Gasteiger partial charge is 0.468 e. The first kappa shape index (κ1) is 11.9. The van der Waals surface area contributed by atoms with Crippen LogP contribution in [0.25, 0.3) is 0 Å². The fourth-order valence-corrected chi connectivity index (χ4v) is 1.71. The van der Waals surface area contributed by atoms with Crippen LogP contribution >= 0.6 is 0 Å². The molecule has 17 heavy (non-hydrogen) atoms. The lowest BCUT2D eigenvalue weighted by atomic mass is 10.2.